The van der Waals surface area contributed by atoms with E-state index in [1.165, 1.54) is 25.7 Å². The second-order valence-electron chi connectivity index (χ2n) is 5.95. The van der Waals surface area contributed by atoms with Gasteiger partial charge in [-0.05, 0) is 56.5 Å². The van der Waals surface area contributed by atoms with Gasteiger partial charge < -0.3 is 10.8 Å². The summed E-state index contributed by atoms with van der Waals surface area (Å²) in [6.07, 6.45) is 11.4. The van der Waals surface area contributed by atoms with Crippen molar-refractivity contribution < 1.29 is 5.11 Å². The van der Waals surface area contributed by atoms with Crippen LogP contribution in [0, 0.1) is 11.3 Å². The molecule has 0 amide bonds. The summed E-state index contributed by atoms with van der Waals surface area (Å²) in [7, 11) is 0. The van der Waals surface area contributed by atoms with Gasteiger partial charge in [0, 0.05) is 12.0 Å². The predicted molar refractivity (Wildman–Crippen MR) is 82.0 cm³/mol. The van der Waals surface area contributed by atoms with Crippen LogP contribution in [-0.4, -0.2) is 29.8 Å². The molecule has 1 fully saturated rings. The fraction of sp³-hybridized carbons (Fsp3) is 1.00. The minimum absolute atomic E-state index is 0.0304. The third-order valence-electron chi connectivity index (χ3n) is 4.74. The van der Waals surface area contributed by atoms with E-state index in [1.54, 1.807) is 0 Å². The number of aliphatic hydroxyl groups is 1. The monoisotopic (exact) mass is 273 g/mol. The number of nitrogens with two attached hydrogens (primary N) is 1. The molecular formula is C15H31NOS. The Balaban J connectivity index is 2.43. The number of aliphatic hydroxyl groups excluding tert-OH is 1. The average molecular weight is 273 g/mol. The Kier molecular flexibility index (Phi) is 7.66. The molecular weight excluding hydrogens is 242 g/mol. The first-order valence-electron chi connectivity index (χ1n) is 7.55. The van der Waals surface area contributed by atoms with E-state index in [4.69, 9.17) is 5.73 Å². The highest BCUT2D eigenvalue weighted by molar-refractivity contribution is 7.98. The van der Waals surface area contributed by atoms with Crippen LogP contribution >= 0.6 is 11.8 Å². The smallest absolute Gasteiger partial charge is 0.0608 e. The average Bonchev–Trinajstić information content (AvgIpc) is 2.40. The van der Waals surface area contributed by atoms with Crippen LogP contribution in [0.4, 0.5) is 0 Å². The first-order valence-corrected chi connectivity index (χ1v) is 8.95. The van der Waals surface area contributed by atoms with Gasteiger partial charge in [-0.3, -0.25) is 0 Å². The maximum absolute atomic E-state index is 10.5. The van der Waals surface area contributed by atoms with Crippen molar-refractivity contribution in [3.05, 3.63) is 0 Å². The standard InChI is InChI=1S/C15H31NOS/c1-3-5-13-7-9-15(12-16,10-8-13)14(17)6-4-11-18-2/h13-14,17H,3-12,16H2,1-2H3. The number of rotatable bonds is 8. The summed E-state index contributed by atoms with van der Waals surface area (Å²) in [5, 5.41) is 10.5. The molecule has 1 saturated carbocycles. The molecule has 3 heteroatoms. The molecule has 108 valence electrons. The first kappa shape index (κ1) is 16.3. The number of thioether (sulfide) groups is 1. The third kappa shape index (κ3) is 4.43. The van der Waals surface area contributed by atoms with E-state index in [0.29, 0.717) is 6.54 Å². The maximum Gasteiger partial charge on any atom is 0.0608 e. The Bertz CT molecular complexity index is 215. The van der Waals surface area contributed by atoms with Crippen LogP contribution in [0.15, 0.2) is 0 Å². The summed E-state index contributed by atoms with van der Waals surface area (Å²) >= 11 is 1.86. The summed E-state index contributed by atoms with van der Waals surface area (Å²) in [6, 6.07) is 0. The van der Waals surface area contributed by atoms with Gasteiger partial charge in [-0.2, -0.15) is 11.8 Å². The van der Waals surface area contributed by atoms with Gasteiger partial charge in [0.15, 0.2) is 0 Å². The maximum atomic E-state index is 10.5. The highest BCUT2D eigenvalue weighted by Crippen LogP contribution is 2.43. The molecule has 0 aromatic heterocycles. The summed E-state index contributed by atoms with van der Waals surface area (Å²) in [5.74, 6) is 2.03. The number of hydrogen-bond donors (Lipinski definition) is 2. The van der Waals surface area contributed by atoms with E-state index in [1.807, 2.05) is 11.8 Å². The molecule has 0 saturated heterocycles. The molecule has 1 rings (SSSR count). The van der Waals surface area contributed by atoms with Crippen molar-refractivity contribution in [2.75, 3.05) is 18.6 Å². The van der Waals surface area contributed by atoms with E-state index in [2.05, 4.69) is 13.2 Å². The molecule has 0 radical (unpaired) electrons. The van der Waals surface area contributed by atoms with E-state index < -0.39 is 0 Å². The van der Waals surface area contributed by atoms with Crippen LogP contribution in [0.25, 0.3) is 0 Å². The van der Waals surface area contributed by atoms with Crippen LogP contribution in [0.5, 0.6) is 0 Å². The molecule has 1 aliphatic carbocycles. The van der Waals surface area contributed by atoms with Crippen LogP contribution in [0.1, 0.15) is 58.3 Å². The van der Waals surface area contributed by atoms with Crippen molar-refractivity contribution >= 4 is 11.8 Å². The fourth-order valence-corrected chi connectivity index (χ4v) is 3.81. The van der Waals surface area contributed by atoms with Crippen LogP contribution in [0.2, 0.25) is 0 Å². The van der Waals surface area contributed by atoms with E-state index >= 15 is 0 Å². The molecule has 0 heterocycles. The van der Waals surface area contributed by atoms with Crippen molar-refractivity contribution in [3.8, 4) is 0 Å². The molecule has 0 spiro atoms. The highest BCUT2D eigenvalue weighted by atomic mass is 32.2. The van der Waals surface area contributed by atoms with Crippen molar-refractivity contribution in [1.29, 1.82) is 0 Å². The minimum atomic E-state index is -0.183. The Hall–Kier alpha value is 0.270. The molecule has 0 aliphatic heterocycles. The van der Waals surface area contributed by atoms with Gasteiger partial charge in [-0.1, -0.05) is 19.8 Å². The van der Waals surface area contributed by atoms with E-state index in [0.717, 1.165) is 37.4 Å². The van der Waals surface area contributed by atoms with Gasteiger partial charge in [-0.15, -0.1) is 0 Å². The van der Waals surface area contributed by atoms with Gasteiger partial charge in [-0.25, -0.2) is 0 Å². The molecule has 0 aromatic rings. The minimum Gasteiger partial charge on any atom is -0.393 e. The van der Waals surface area contributed by atoms with E-state index in [-0.39, 0.29) is 11.5 Å². The lowest BCUT2D eigenvalue weighted by atomic mass is 9.66. The SMILES string of the molecule is CCCC1CCC(CN)(C(O)CCCSC)CC1. The Morgan fingerprint density at radius 1 is 1.39 bits per heavy atom. The Morgan fingerprint density at radius 2 is 2.06 bits per heavy atom. The first-order chi connectivity index (χ1) is 8.68. The lowest BCUT2D eigenvalue weighted by Gasteiger charge is -2.43. The van der Waals surface area contributed by atoms with Gasteiger partial charge in [0.05, 0.1) is 6.10 Å². The largest absolute Gasteiger partial charge is 0.393 e. The Labute approximate surface area is 117 Å². The van der Waals surface area contributed by atoms with Gasteiger partial charge in [0.1, 0.15) is 0 Å². The molecule has 1 aliphatic rings. The molecule has 1 atom stereocenters. The second-order valence-corrected chi connectivity index (χ2v) is 6.93. The lowest BCUT2D eigenvalue weighted by molar-refractivity contribution is -0.0139. The zero-order chi connectivity index (χ0) is 13.4. The second kappa shape index (κ2) is 8.44. The van der Waals surface area contributed by atoms with Crippen molar-refractivity contribution in [3.63, 3.8) is 0 Å². The molecule has 2 nitrogen and oxygen atoms in total. The van der Waals surface area contributed by atoms with Crippen LogP contribution in [0.3, 0.4) is 0 Å². The van der Waals surface area contributed by atoms with Crippen molar-refractivity contribution in [2.24, 2.45) is 17.1 Å². The van der Waals surface area contributed by atoms with Gasteiger partial charge in [0.2, 0.25) is 0 Å². The molecule has 0 bridgehead atoms. The zero-order valence-electron chi connectivity index (χ0n) is 12.2. The predicted octanol–water partition coefficient (Wildman–Crippen LogP) is 3.43. The molecule has 18 heavy (non-hydrogen) atoms. The number of hydrogen-bond acceptors (Lipinski definition) is 3. The lowest BCUT2D eigenvalue weighted by Crippen LogP contribution is -2.44. The third-order valence-corrected chi connectivity index (χ3v) is 5.43. The van der Waals surface area contributed by atoms with Crippen LogP contribution < -0.4 is 5.73 Å². The summed E-state index contributed by atoms with van der Waals surface area (Å²) in [4.78, 5) is 0. The zero-order valence-corrected chi connectivity index (χ0v) is 13.0. The summed E-state index contributed by atoms with van der Waals surface area (Å²) in [6.45, 7) is 2.92. The summed E-state index contributed by atoms with van der Waals surface area (Å²) < 4.78 is 0. The normalized spacial score (nSPS) is 30.3. The van der Waals surface area contributed by atoms with Crippen LogP contribution in [-0.2, 0) is 0 Å². The Morgan fingerprint density at radius 3 is 2.56 bits per heavy atom. The molecule has 1 unspecified atom stereocenters. The topological polar surface area (TPSA) is 46.2 Å². The highest BCUT2D eigenvalue weighted by Gasteiger charge is 2.39. The summed E-state index contributed by atoms with van der Waals surface area (Å²) in [5.41, 5.74) is 6.03. The van der Waals surface area contributed by atoms with Gasteiger partial charge in [0.25, 0.3) is 0 Å². The molecule has 3 N–H and O–H groups in total. The fourth-order valence-electron chi connectivity index (χ4n) is 3.35. The quantitative estimate of drug-likeness (QED) is 0.666. The molecule has 0 aromatic carbocycles. The van der Waals surface area contributed by atoms with E-state index in [9.17, 15) is 5.11 Å². The van der Waals surface area contributed by atoms with Gasteiger partial charge >= 0.3 is 0 Å². The van der Waals surface area contributed by atoms with Crippen molar-refractivity contribution in [1.82, 2.24) is 0 Å². The van der Waals surface area contributed by atoms with Crippen molar-refractivity contribution in [2.45, 2.75) is 64.4 Å².